The van der Waals surface area contributed by atoms with Crippen molar-refractivity contribution in [2.45, 2.75) is 24.4 Å². The fraction of sp³-hybridized carbons (Fsp3) is 0.139. The number of aldehydes is 1. The molecule has 0 fully saturated rings. The fourth-order valence-corrected chi connectivity index (χ4v) is 6.44. The lowest BCUT2D eigenvalue weighted by molar-refractivity contribution is -0.136. The van der Waals surface area contributed by atoms with Crippen LogP contribution >= 0.6 is 0 Å². The van der Waals surface area contributed by atoms with Gasteiger partial charge in [-0.3, -0.25) is 0 Å². The number of aliphatic hydroxyl groups is 5. The van der Waals surface area contributed by atoms with Crippen LogP contribution in [0.1, 0.15) is 0 Å². The third-order valence-electron chi connectivity index (χ3n) is 8.47. The van der Waals surface area contributed by atoms with E-state index in [-0.39, 0.29) is 6.29 Å². The van der Waals surface area contributed by atoms with Gasteiger partial charge >= 0.3 is 0 Å². The van der Waals surface area contributed by atoms with Crippen LogP contribution < -0.4 is 0 Å². The van der Waals surface area contributed by atoms with Gasteiger partial charge < -0.3 is 30.3 Å². The molecule has 4 atom stereocenters. The molecule has 8 rings (SSSR count). The van der Waals surface area contributed by atoms with Crippen LogP contribution in [0.4, 0.5) is 0 Å². The predicted molar refractivity (Wildman–Crippen MR) is 169 cm³/mol. The lowest BCUT2D eigenvalue weighted by Crippen LogP contribution is -2.46. The maximum atomic E-state index is 9.90. The Bertz CT molecular complexity index is 2100. The molecule has 8 aromatic carbocycles. The maximum Gasteiger partial charge on any atom is 0.151 e. The van der Waals surface area contributed by atoms with E-state index in [1.165, 1.54) is 75.4 Å². The first kappa shape index (κ1) is 26.5. The first-order valence-corrected chi connectivity index (χ1v) is 13.9. The van der Waals surface area contributed by atoms with Gasteiger partial charge in [0.05, 0.1) is 6.61 Å². The van der Waals surface area contributed by atoms with Gasteiger partial charge in [0.1, 0.15) is 24.4 Å². The molecule has 0 amide bonds. The average Bonchev–Trinajstić information content (AvgIpc) is 3.04. The third-order valence-corrected chi connectivity index (χ3v) is 8.47. The van der Waals surface area contributed by atoms with Gasteiger partial charge in [0.2, 0.25) is 0 Å². The lowest BCUT2D eigenvalue weighted by Gasteiger charge is -2.22. The molecule has 5 N–H and O–H groups in total. The summed E-state index contributed by atoms with van der Waals surface area (Å²) in [6.07, 6.45) is -6.84. The zero-order chi connectivity index (χ0) is 29.1. The summed E-state index contributed by atoms with van der Waals surface area (Å²) in [5, 5.41) is 62.6. The van der Waals surface area contributed by atoms with Crippen LogP contribution in [-0.4, -0.2) is 62.8 Å². The van der Waals surface area contributed by atoms with Crippen LogP contribution in [0.3, 0.4) is 0 Å². The molecule has 0 saturated heterocycles. The molecule has 0 aromatic heterocycles. The Hall–Kier alpha value is -4.43. The van der Waals surface area contributed by atoms with E-state index < -0.39 is 31.0 Å². The highest BCUT2D eigenvalue weighted by Crippen LogP contribution is 2.46. The second-order valence-corrected chi connectivity index (χ2v) is 10.9. The van der Waals surface area contributed by atoms with Crippen LogP contribution in [0, 0.1) is 0 Å². The second kappa shape index (κ2) is 10.1. The average molecular weight is 557 g/mol. The first-order chi connectivity index (χ1) is 20.4. The molecule has 0 spiro atoms. The molecule has 0 heterocycles. The predicted octanol–water partition coefficient (Wildman–Crippen LogP) is 5.26. The van der Waals surface area contributed by atoms with Gasteiger partial charge in [0.25, 0.3) is 0 Å². The summed E-state index contributed by atoms with van der Waals surface area (Å²) >= 11 is 0. The van der Waals surface area contributed by atoms with Gasteiger partial charge in [0, 0.05) is 0 Å². The smallest absolute Gasteiger partial charge is 0.151 e. The molecule has 208 valence electrons. The molecule has 42 heavy (non-hydrogen) atoms. The van der Waals surface area contributed by atoms with Crippen molar-refractivity contribution in [1.29, 1.82) is 0 Å². The van der Waals surface area contributed by atoms with Gasteiger partial charge in [-0.05, 0) is 99.7 Å². The Morgan fingerprint density at radius 2 is 0.929 bits per heavy atom. The zero-order valence-corrected chi connectivity index (χ0v) is 22.5. The summed E-state index contributed by atoms with van der Waals surface area (Å²) in [4.78, 5) is 9.90. The molecule has 6 nitrogen and oxygen atoms in total. The Morgan fingerprint density at radius 1 is 0.500 bits per heavy atom. The molecule has 0 saturated carbocycles. The minimum absolute atomic E-state index is 0.0258. The quantitative estimate of drug-likeness (QED) is 0.112. The maximum absolute atomic E-state index is 9.90. The number of carbonyl (C=O) groups is 1. The Kier molecular flexibility index (Phi) is 6.39. The monoisotopic (exact) mass is 556 g/mol. The number of hydrogen-bond donors (Lipinski definition) is 5. The summed E-state index contributed by atoms with van der Waals surface area (Å²) in [6, 6.07) is 36.3. The van der Waals surface area contributed by atoms with Crippen LogP contribution in [0.2, 0.25) is 0 Å². The van der Waals surface area contributed by atoms with Gasteiger partial charge in [-0.25, -0.2) is 0 Å². The molecule has 4 unspecified atom stereocenters. The highest BCUT2D eigenvalue weighted by Gasteiger charge is 2.29. The van der Waals surface area contributed by atoms with E-state index in [1.54, 1.807) is 0 Å². The van der Waals surface area contributed by atoms with Crippen LogP contribution in [0.25, 0.3) is 75.4 Å². The zero-order valence-electron chi connectivity index (χ0n) is 22.5. The van der Waals surface area contributed by atoms with Gasteiger partial charge in [-0.2, -0.15) is 0 Å². The highest BCUT2D eigenvalue weighted by atomic mass is 16.4. The van der Waals surface area contributed by atoms with Crippen molar-refractivity contribution in [3.8, 4) is 0 Å². The molecule has 0 aliphatic heterocycles. The summed E-state index contributed by atoms with van der Waals surface area (Å²) < 4.78 is 0. The third kappa shape index (κ3) is 3.96. The summed E-state index contributed by atoms with van der Waals surface area (Å²) in [5.41, 5.74) is 0. The lowest BCUT2D eigenvalue weighted by atomic mass is 9.84. The number of hydrogen-bond acceptors (Lipinski definition) is 6. The Labute approximate surface area is 239 Å². The standard InChI is InChI=1S/C30H16.C6H12O6/c1-3-7-23-17(5-1)13-19-9-11-22-16-26-24-8-4-2-6-18(24)14-20-10-12-21-15-25(23)27(19)29(22)30(21)28(20)26;7-1-3(9)5(11)6(12)4(10)2-8/h1-16H;1,3-6,8-12H,2H2. The molecule has 0 bridgehead atoms. The van der Waals surface area contributed by atoms with Crippen molar-refractivity contribution in [2.75, 3.05) is 6.61 Å². The Morgan fingerprint density at radius 3 is 1.36 bits per heavy atom. The van der Waals surface area contributed by atoms with Crippen molar-refractivity contribution in [1.82, 2.24) is 0 Å². The van der Waals surface area contributed by atoms with Crippen molar-refractivity contribution in [3.05, 3.63) is 97.1 Å². The highest BCUT2D eigenvalue weighted by molar-refractivity contribution is 6.40. The van der Waals surface area contributed by atoms with Crippen LogP contribution in [0.15, 0.2) is 97.1 Å². The molecule has 0 aliphatic carbocycles. The fourth-order valence-electron chi connectivity index (χ4n) is 6.44. The van der Waals surface area contributed by atoms with E-state index in [4.69, 9.17) is 25.5 Å². The van der Waals surface area contributed by atoms with Crippen LogP contribution in [0.5, 0.6) is 0 Å². The second-order valence-electron chi connectivity index (χ2n) is 10.9. The molecule has 0 radical (unpaired) electrons. The molecule has 6 heteroatoms. The molecule has 0 aliphatic rings. The van der Waals surface area contributed by atoms with Crippen LogP contribution in [-0.2, 0) is 4.79 Å². The number of benzene rings is 8. The largest absolute Gasteiger partial charge is 0.394 e. The van der Waals surface area contributed by atoms with E-state index >= 15 is 0 Å². The van der Waals surface area contributed by atoms with Gasteiger partial charge in [0.15, 0.2) is 6.29 Å². The molecule has 8 aromatic rings. The number of fused-ring (bicyclic) bond motifs is 4. The first-order valence-electron chi connectivity index (χ1n) is 13.9. The number of rotatable bonds is 5. The normalized spacial score (nSPS) is 15.1. The Balaban J connectivity index is 0.000000207. The van der Waals surface area contributed by atoms with E-state index in [2.05, 4.69) is 97.1 Å². The summed E-state index contributed by atoms with van der Waals surface area (Å²) in [6.45, 7) is -0.760. The van der Waals surface area contributed by atoms with Gasteiger partial charge in [-0.1, -0.05) is 72.8 Å². The van der Waals surface area contributed by atoms with E-state index in [9.17, 15) is 4.79 Å². The van der Waals surface area contributed by atoms with Crippen molar-refractivity contribution in [2.24, 2.45) is 0 Å². The number of carbonyl (C=O) groups excluding carboxylic acids is 1. The van der Waals surface area contributed by atoms with Crippen molar-refractivity contribution in [3.63, 3.8) is 0 Å². The van der Waals surface area contributed by atoms with Crippen molar-refractivity contribution < 1.29 is 30.3 Å². The van der Waals surface area contributed by atoms with Crippen molar-refractivity contribution >= 4 is 81.7 Å². The molecular formula is C36H28O6. The minimum Gasteiger partial charge on any atom is -0.394 e. The van der Waals surface area contributed by atoms with E-state index in [0.717, 1.165) is 0 Å². The SMILES string of the molecule is O=CC(O)C(O)C(O)C(O)CO.c1ccc2c(c1)cc1ccc3cc4c5ccccc5cc5ccc6cc2c1c3c6c54. The minimum atomic E-state index is -1.79. The summed E-state index contributed by atoms with van der Waals surface area (Å²) in [5.74, 6) is 0. The van der Waals surface area contributed by atoms with E-state index in [1.807, 2.05) is 0 Å². The topological polar surface area (TPSA) is 118 Å². The van der Waals surface area contributed by atoms with Gasteiger partial charge in [-0.15, -0.1) is 0 Å². The van der Waals surface area contributed by atoms with E-state index in [0.29, 0.717) is 0 Å². The number of aliphatic hydroxyl groups excluding tert-OH is 5. The summed E-state index contributed by atoms with van der Waals surface area (Å²) in [7, 11) is 0. The molecular weight excluding hydrogens is 528 g/mol.